The predicted octanol–water partition coefficient (Wildman–Crippen LogP) is 4.69. The van der Waals surface area contributed by atoms with Crippen LogP contribution in [0, 0.1) is 24.2 Å². The highest BCUT2D eigenvalue weighted by atomic mass is 16.2. The third-order valence-electron chi connectivity index (χ3n) is 5.27. The highest BCUT2D eigenvalue weighted by Gasteiger charge is 2.30. The van der Waals surface area contributed by atoms with E-state index in [2.05, 4.69) is 20.6 Å². The van der Waals surface area contributed by atoms with E-state index in [-0.39, 0.29) is 17.4 Å². The van der Waals surface area contributed by atoms with Gasteiger partial charge in [-0.2, -0.15) is 5.26 Å². The second-order valence-electron chi connectivity index (χ2n) is 8.02. The van der Waals surface area contributed by atoms with Crippen molar-refractivity contribution in [2.75, 3.05) is 10.6 Å². The van der Waals surface area contributed by atoms with Crippen LogP contribution in [0.25, 0.3) is 22.0 Å². The Morgan fingerprint density at radius 1 is 1.19 bits per heavy atom. The zero-order chi connectivity index (χ0) is 22.1. The number of H-pyrrole nitrogens is 1. The van der Waals surface area contributed by atoms with Crippen LogP contribution in [-0.2, 0) is 9.59 Å². The molecule has 0 bridgehead atoms. The number of carbonyl (C=O) groups excluding carboxylic acids is 2. The van der Waals surface area contributed by atoms with Crippen molar-refractivity contribution in [1.82, 2.24) is 9.97 Å². The number of pyridine rings is 1. The fourth-order valence-corrected chi connectivity index (χ4v) is 3.53. The van der Waals surface area contributed by atoms with Gasteiger partial charge in [-0.15, -0.1) is 0 Å². The van der Waals surface area contributed by atoms with Gasteiger partial charge in [0.25, 0.3) is 5.91 Å². The minimum atomic E-state index is -0.434. The third-order valence-corrected chi connectivity index (χ3v) is 5.27. The third kappa shape index (κ3) is 4.19. The Labute approximate surface area is 180 Å². The number of allylic oxidation sites excluding steroid dienone is 1. The number of para-hydroxylation sites is 1. The second-order valence-corrected chi connectivity index (χ2v) is 8.02. The van der Waals surface area contributed by atoms with Crippen molar-refractivity contribution in [3.8, 4) is 17.2 Å². The Balaban J connectivity index is 1.69. The van der Waals surface area contributed by atoms with Crippen molar-refractivity contribution in [1.29, 1.82) is 5.26 Å². The number of benzene rings is 1. The first-order chi connectivity index (χ1) is 14.9. The number of amides is 2. The van der Waals surface area contributed by atoms with Crippen molar-refractivity contribution in [2.24, 2.45) is 5.92 Å². The summed E-state index contributed by atoms with van der Waals surface area (Å²) in [5.41, 5.74) is 4.75. The van der Waals surface area contributed by atoms with Crippen molar-refractivity contribution in [2.45, 2.75) is 33.6 Å². The van der Waals surface area contributed by atoms with Crippen LogP contribution in [0.4, 0.5) is 11.5 Å². The largest absolute Gasteiger partial charge is 0.359 e. The molecule has 1 aliphatic carbocycles. The summed E-state index contributed by atoms with van der Waals surface area (Å²) in [5, 5.41) is 15.9. The normalized spacial score (nSPS) is 12.8. The number of nitrogens with zero attached hydrogens (tertiary/aromatic N) is 2. The lowest BCUT2D eigenvalue weighted by molar-refractivity contribution is -0.117. The van der Waals surface area contributed by atoms with E-state index in [1.807, 2.05) is 43.5 Å². The van der Waals surface area contributed by atoms with Gasteiger partial charge in [-0.25, -0.2) is 4.98 Å². The first-order valence-electron chi connectivity index (χ1n) is 10.2. The zero-order valence-electron chi connectivity index (χ0n) is 17.7. The molecule has 1 saturated carbocycles. The number of carbonyl (C=O) groups is 2. The van der Waals surface area contributed by atoms with Gasteiger partial charge in [0, 0.05) is 28.8 Å². The number of aryl methyl sites for hydroxylation is 1. The van der Waals surface area contributed by atoms with Crippen molar-refractivity contribution in [3.63, 3.8) is 0 Å². The van der Waals surface area contributed by atoms with E-state index in [4.69, 9.17) is 0 Å². The van der Waals surface area contributed by atoms with Gasteiger partial charge >= 0.3 is 0 Å². The van der Waals surface area contributed by atoms with Gasteiger partial charge < -0.3 is 15.6 Å². The standard InChI is InChI=1S/C24H23N5O2/c1-13(2)18(11-25)24(31)28-20-6-4-5-17-19(12-26-22(17)20)16-9-14(3)27-21(10-16)29-23(30)15-7-8-15/h4-6,9-10,12,15,26H,7-8H2,1-3H3,(H,28,31)(H,27,29,30). The van der Waals surface area contributed by atoms with E-state index in [1.54, 1.807) is 19.9 Å². The van der Waals surface area contributed by atoms with Gasteiger partial charge in [-0.3, -0.25) is 9.59 Å². The molecule has 31 heavy (non-hydrogen) atoms. The van der Waals surface area contributed by atoms with E-state index in [0.29, 0.717) is 17.1 Å². The van der Waals surface area contributed by atoms with Crippen molar-refractivity contribution >= 4 is 34.2 Å². The summed E-state index contributed by atoms with van der Waals surface area (Å²) >= 11 is 0. The summed E-state index contributed by atoms with van der Waals surface area (Å²) in [5.74, 6) is 0.216. The van der Waals surface area contributed by atoms with Crippen molar-refractivity contribution < 1.29 is 9.59 Å². The Kier molecular flexibility index (Phi) is 5.30. The van der Waals surface area contributed by atoms with Gasteiger partial charge in [-0.1, -0.05) is 17.7 Å². The van der Waals surface area contributed by atoms with Gasteiger partial charge in [0.1, 0.15) is 17.5 Å². The Bertz CT molecular complexity index is 1270. The number of nitrogens with one attached hydrogen (secondary N) is 3. The number of hydrogen-bond donors (Lipinski definition) is 3. The number of anilines is 2. The van der Waals surface area contributed by atoms with Crippen LogP contribution in [0.5, 0.6) is 0 Å². The van der Waals surface area contributed by atoms with Crippen molar-refractivity contribution in [3.05, 3.63) is 53.4 Å². The van der Waals surface area contributed by atoms with Gasteiger partial charge in [0.05, 0.1) is 11.2 Å². The first kappa shape index (κ1) is 20.4. The highest BCUT2D eigenvalue weighted by molar-refractivity contribution is 6.12. The Morgan fingerprint density at radius 3 is 2.65 bits per heavy atom. The molecule has 0 spiro atoms. The molecular formula is C24H23N5O2. The molecule has 1 aromatic carbocycles. The predicted molar refractivity (Wildman–Crippen MR) is 120 cm³/mol. The lowest BCUT2D eigenvalue weighted by Crippen LogP contribution is -2.14. The topological polar surface area (TPSA) is 111 Å². The van der Waals surface area contributed by atoms with E-state index in [9.17, 15) is 14.9 Å². The van der Waals surface area contributed by atoms with Crippen LogP contribution in [-0.4, -0.2) is 21.8 Å². The molecule has 7 heteroatoms. The second kappa shape index (κ2) is 8.07. The fourth-order valence-electron chi connectivity index (χ4n) is 3.53. The summed E-state index contributed by atoms with van der Waals surface area (Å²) in [6, 6.07) is 11.4. The van der Waals surface area contributed by atoms with Gasteiger partial charge in [0.2, 0.25) is 5.91 Å². The molecule has 1 fully saturated rings. The molecule has 2 amide bonds. The lowest BCUT2D eigenvalue weighted by Gasteiger charge is -2.09. The average molecular weight is 413 g/mol. The quantitative estimate of drug-likeness (QED) is 0.416. The van der Waals surface area contributed by atoms with Crippen LogP contribution in [0.2, 0.25) is 0 Å². The van der Waals surface area contributed by atoms with E-state index in [1.165, 1.54) is 0 Å². The summed E-state index contributed by atoms with van der Waals surface area (Å²) in [6.07, 6.45) is 3.73. The summed E-state index contributed by atoms with van der Waals surface area (Å²) < 4.78 is 0. The zero-order valence-corrected chi connectivity index (χ0v) is 17.7. The summed E-state index contributed by atoms with van der Waals surface area (Å²) in [7, 11) is 0. The molecule has 0 atom stereocenters. The SMILES string of the molecule is CC(C)=C(C#N)C(=O)Nc1cccc2c(-c3cc(C)nc(NC(=O)C4CC4)c3)c[nH]c12. The van der Waals surface area contributed by atoms with Crippen LogP contribution >= 0.6 is 0 Å². The van der Waals surface area contributed by atoms with E-state index in [0.717, 1.165) is 40.6 Å². The molecule has 0 saturated heterocycles. The molecule has 3 N–H and O–H groups in total. The van der Waals surface area contributed by atoms with Crippen LogP contribution in [0.1, 0.15) is 32.4 Å². The summed E-state index contributed by atoms with van der Waals surface area (Å²) in [6.45, 7) is 5.35. The molecule has 2 aromatic heterocycles. The number of aromatic nitrogens is 2. The van der Waals surface area contributed by atoms with E-state index >= 15 is 0 Å². The fraction of sp³-hybridized carbons (Fsp3) is 0.250. The monoisotopic (exact) mass is 413 g/mol. The highest BCUT2D eigenvalue weighted by Crippen LogP contribution is 2.34. The molecule has 3 aromatic rings. The number of fused-ring (bicyclic) bond motifs is 1. The molecule has 7 nitrogen and oxygen atoms in total. The number of nitriles is 1. The minimum absolute atomic E-state index is 0.0144. The molecule has 4 rings (SSSR count). The molecule has 0 radical (unpaired) electrons. The van der Waals surface area contributed by atoms with Crippen LogP contribution in [0.3, 0.4) is 0 Å². The van der Waals surface area contributed by atoms with E-state index < -0.39 is 5.91 Å². The minimum Gasteiger partial charge on any atom is -0.359 e. The molecule has 156 valence electrons. The number of rotatable bonds is 5. The smallest absolute Gasteiger partial charge is 0.266 e. The van der Waals surface area contributed by atoms with Crippen LogP contribution in [0.15, 0.2) is 47.7 Å². The Hall–Kier alpha value is -3.92. The van der Waals surface area contributed by atoms with Gasteiger partial charge in [-0.05, 0) is 57.4 Å². The average Bonchev–Trinajstić information content (AvgIpc) is 3.47. The number of aromatic amines is 1. The lowest BCUT2D eigenvalue weighted by atomic mass is 10.0. The maximum absolute atomic E-state index is 12.5. The molecular weight excluding hydrogens is 390 g/mol. The maximum Gasteiger partial charge on any atom is 0.266 e. The van der Waals surface area contributed by atoms with Crippen LogP contribution < -0.4 is 10.6 Å². The summed E-state index contributed by atoms with van der Waals surface area (Å²) in [4.78, 5) is 32.3. The molecule has 0 aliphatic heterocycles. The van der Waals surface area contributed by atoms with Gasteiger partial charge in [0.15, 0.2) is 0 Å². The number of hydrogen-bond acceptors (Lipinski definition) is 4. The Morgan fingerprint density at radius 2 is 1.97 bits per heavy atom. The molecule has 2 heterocycles. The molecule has 0 unspecified atom stereocenters. The maximum atomic E-state index is 12.5. The molecule has 1 aliphatic rings. The first-order valence-corrected chi connectivity index (χ1v) is 10.2.